The van der Waals surface area contributed by atoms with Gasteiger partial charge in [-0.2, -0.15) is 0 Å². The van der Waals surface area contributed by atoms with Gasteiger partial charge in [0.1, 0.15) is 0 Å². The van der Waals surface area contributed by atoms with Crippen LogP contribution in [0.2, 0.25) is 0 Å². The van der Waals surface area contributed by atoms with E-state index in [9.17, 15) is 4.79 Å². The standard InChI is InChI=1S/C15H11BrN2O2/c16-12-3-1-10-5-6-18(14(10)7-12)9-13-4-2-11(8-17-13)15(19)20/h1-8H,9H2,(H,19,20). The van der Waals surface area contributed by atoms with Crippen molar-refractivity contribution in [2.45, 2.75) is 6.54 Å². The number of pyridine rings is 1. The number of carboxylic acids is 1. The maximum atomic E-state index is 10.8. The predicted molar refractivity (Wildman–Crippen MR) is 79.9 cm³/mol. The second kappa shape index (κ2) is 5.09. The van der Waals surface area contributed by atoms with E-state index in [1.807, 2.05) is 18.3 Å². The maximum absolute atomic E-state index is 10.8. The highest BCUT2D eigenvalue weighted by Crippen LogP contribution is 2.21. The minimum absolute atomic E-state index is 0.203. The van der Waals surface area contributed by atoms with Crippen LogP contribution >= 0.6 is 15.9 Å². The van der Waals surface area contributed by atoms with E-state index in [2.05, 4.69) is 37.6 Å². The zero-order valence-electron chi connectivity index (χ0n) is 10.5. The van der Waals surface area contributed by atoms with Gasteiger partial charge in [0.25, 0.3) is 0 Å². The minimum atomic E-state index is -0.959. The van der Waals surface area contributed by atoms with E-state index in [4.69, 9.17) is 5.11 Å². The van der Waals surface area contributed by atoms with Gasteiger partial charge >= 0.3 is 5.97 Å². The Kier molecular flexibility index (Phi) is 3.28. The summed E-state index contributed by atoms with van der Waals surface area (Å²) in [5.74, 6) is -0.959. The average molecular weight is 331 g/mol. The number of fused-ring (bicyclic) bond motifs is 1. The van der Waals surface area contributed by atoms with Crippen LogP contribution in [0.15, 0.2) is 53.3 Å². The Balaban J connectivity index is 1.92. The van der Waals surface area contributed by atoms with Crippen molar-refractivity contribution in [1.82, 2.24) is 9.55 Å². The lowest BCUT2D eigenvalue weighted by Gasteiger charge is -2.05. The molecule has 3 rings (SSSR count). The van der Waals surface area contributed by atoms with Crippen molar-refractivity contribution in [3.63, 3.8) is 0 Å². The predicted octanol–water partition coefficient (Wildman–Crippen LogP) is 3.55. The Hall–Kier alpha value is -2.14. The first-order valence-corrected chi connectivity index (χ1v) is 6.85. The molecule has 0 fully saturated rings. The third-order valence-corrected chi connectivity index (χ3v) is 3.63. The summed E-state index contributed by atoms with van der Waals surface area (Å²) in [6.45, 7) is 0.611. The molecule has 100 valence electrons. The molecule has 0 bridgehead atoms. The lowest BCUT2D eigenvalue weighted by Crippen LogP contribution is -2.02. The largest absolute Gasteiger partial charge is 0.478 e. The zero-order valence-corrected chi connectivity index (χ0v) is 12.0. The Morgan fingerprint density at radius 3 is 2.80 bits per heavy atom. The molecule has 0 radical (unpaired) electrons. The van der Waals surface area contributed by atoms with Gasteiger partial charge in [0.05, 0.1) is 17.8 Å². The molecule has 2 heterocycles. The van der Waals surface area contributed by atoms with E-state index in [1.165, 1.54) is 6.20 Å². The van der Waals surface area contributed by atoms with Gasteiger partial charge in [-0.05, 0) is 35.7 Å². The summed E-state index contributed by atoms with van der Waals surface area (Å²) in [6.07, 6.45) is 3.39. The quantitative estimate of drug-likeness (QED) is 0.799. The molecule has 3 aromatic rings. The summed E-state index contributed by atoms with van der Waals surface area (Å²) >= 11 is 3.47. The van der Waals surface area contributed by atoms with Crippen LogP contribution in [0.5, 0.6) is 0 Å². The van der Waals surface area contributed by atoms with Crippen molar-refractivity contribution in [3.8, 4) is 0 Å². The summed E-state index contributed by atoms with van der Waals surface area (Å²) in [6, 6.07) is 11.5. The zero-order chi connectivity index (χ0) is 14.1. The highest BCUT2D eigenvalue weighted by Gasteiger charge is 2.05. The molecule has 0 amide bonds. The van der Waals surface area contributed by atoms with Crippen LogP contribution in [0, 0.1) is 0 Å². The summed E-state index contributed by atoms with van der Waals surface area (Å²) < 4.78 is 3.11. The molecule has 1 N–H and O–H groups in total. The topological polar surface area (TPSA) is 55.1 Å². The first-order chi connectivity index (χ1) is 9.63. The number of carboxylic acid groups (broad SMARTS) is 1. The van der Waals surface area contributed by atoms with Gasteiger partial charge in [0.15, 0.2) is 0 Å². The van der Waals surface area contributed by atoms with Crippen molar-refractivity contribution >= 4 is 32.8 Å². The molecule has 4 nitrogen and oxygen atoms in total. The highest BCUT2D eigenvalue weighted by atomic mass is 79.9. The number of aromatic carboxylic acids is 1. The lowest BCUT2D eigenvalue weighted by atomic mass is 10.2. The Morgan fingerprint density at radius 2 is 2.10 bits per heavy atom. The number of nitrogens with zero attached hydrogens (tertiary/aromatic N) is 2. The fourth-order valence-electron chi connectivity index (χ4n) is 2.11. The molecule has 0 saturated carbocycles. The fourth-order valence-corrected chi connectivity index (χ4v) is 2.46. The molecule has 0 aliphatic heterocycles. The molecule has 1 aromatic carbocycles. The molecule has 2 aromatic heterocycles. The van der Waals surface area contributed by atoms with Gasteiger partial charge in [-0.15, -0.1) is 0 Å². The number of carbonyl (C=O) groups is 1. The van der Waals surface area contributed by atoms with Gasteiger partial charge in [-0.1, -0.05) is 22.0 Å². The van der Waals surface area contributed by atoms with Gasteiger partial charge < -0.3 is 9.67 Å². The normalized spacial score (nSPS) is 10.8. The van der Waals surface area contributed by atoms with E-state index in [1.54, 1.807) is 12.1 Å². The Bertz CT molecular complexity index is 778. The van der Waals surface area contributed by atoms with Crippen molar-refractivity contribution < 1.29 is 9.90 Å². The molecular weight excluding hydrogens is 320 g/mol. The number of halogens is 1. The highest BCUT2D eigenvalue weighted by molar-refractivity contribution is 9.10. The molecular formula is C15H11BrN2O2. The molecule has 0 saturated heterocycles. The molecule has 0 unspecified atom stereocenters. The van der Waals surface area contributed by atoms with Crippen LogP contribution < -0.4 is 0 Å². The molecule has 0 aliphatic carbocycles. The number of aromatic nitrogens is 2. The van der Waals surface area contributed by atoms with Crippen molar-refractivity contribution in [2.75, 3.05) is 0 Å². The minimum Gasteiger partial charge on any atom is -0.478 e. The molecule has 0 spiro atoms. The van der Waals surface area contributed by atoms with Crippen molar-refractivity contribution in [1.29, 1.82) is 0 Å². The van der Waals surface area contributed by atoms with Gasteiger partial charge in [-0.25, -0.2) is 4.79 Å². The van der Waals surface area contributed by atoms with Gasteiger partial charge in [0.2, 0.25) is 0 Å². The fraction of sp³-hybridized carbons (Fsp3) is 0.0667. The molecule has 5 heteroatoms. The van der Waals surface area contributed by atoms with E-state index in [-0.39, 0.29) is 5.56 Å². The number of rotatable bonds is 3. The van der Waals surface area contributed by atoms with Crippen molar-refractivity contribution in [2.24, 2.45) is 0 Å². The summed E-state index contributed by atoms with van der Waals surface area (Å²) in [4.78, 5) is 15.0. The third kappa shape index (κ3) is 2.44. The van der Waals surface area contributed by atoms with E-state index >= 15 is 0 Å². The smallest absolute Gasteiger partial charge is 0.337 e. The van der Waals surface area contributed by atoms with Crippen LogP contribution in [0.1, 0.15) is 16.1 Å². The van der Waals surface area contributed by atoms with Gasteiger partial charge in [0, 0.05) is 22.4 Å². The number of benzene rings is 1. The van der Waals surface area contributed by atoms with Crippen molar-refractivity contribution in [3.05, 3.63) is 64.5 Å². The van der Waals surface area contributed by atoms with Crippen LogP contribution in [0.25, 0.3) is 10.9 Å². The summed E-state index contributed by atoms with van der Waals surface area (Å²) in [7, 11) is 0. The summed E-state index contributed by atoms with van der Waals surface area (Å²) in [5, 5.41) is 10.0. The average Bonchev–Trinajstić information content (AvgIpc) is 2.82. The molecule has 0 atom stereocenters. The van der Waals surface area contributed by atoms with Crippen LogP contribution in [-0.4, -0.2) is 20.6 Å². The number of hydrogen-bond donors (Lipinski definition) is 1. The van der Waals surface area contributed by atoms with E-state index in [0.29, 0.717) is 6.54 Å². The second-order valence-electron chi connectivity index (χ2n) is 4.49. The molecule has 20 heavy (non-hydrogen) atoms. The van der Waals surface area contributed by atoms with Crippen LogP contribution in [0.3, 0.4) is 0 Å². The second-order valence-corrected chi connectivity index (χ2v) is 5.41. The van der Waals surface area contributed by atoms with Gasteiger partial charge in [-0.3, -0.25) is 4.98 Å². The third-order valence-electron chi connectivity index (χ3n) is 3.14. The monoisotopic (exact) mass is 330 g/mol. The first-order valence-electron chi connectivity index (χ1n) is 6.06. The summed E-state index contributed by atoms with van der Waals surface area (Å²) in [5.41, 5.74) is 2.14. The first kappa shape index (κ1) is 12.9. The van der Waals surface area contributed by atoms with E-state index in [0.717, 1.165) is 21.1 Å². The maximum Gasteiger partial charge on any atom is 0.337 e. The van der Waals surface area contributed by atoms with Crippen LogP contribution in [-0.2, 0) is 6.54 Å². The van der Waals surface area contributed by atoms with E-state index < -0.39 is 5.97 Å². The molecule has 0 aliphatic rings. The number of hydrogen-bond acceptors (Lipinski definition) is 2. The lowest BCUT2D eigenvalue weighted by molar-refractivity contribution is 0.0696. The SMILES string of the molecule is O=C(O)c1ccc(Cn2ccc3ccc(Br)cc32)nc1. The Labute approximate surface area is 123 Å². The Morgan fingerprint density at radius 1 is 1.25 bits per heavy atom. The van der Waals surface area contributed by atoms with Crippen LogP contribution in [0.4, 0.5) is 0 Å².